The summed E-state index contributed by atoms with van der Waals surface area (Å²) in [5.74, 6) is 0.272. The maximum atomic E-state index is 12.1. The normalized spacial score (nSPS) is 14.5. The molecule has 0 unspecified atom stereocenters. The maximum Gasteiger partial charge on any atom is 0.284 e. The van der Waals surface area contributed by atoms with Gasteiger partial charge >= 0.3 is 0 Å². The highest BCUT2D eigenvalue weighted by atomic mass is 32.1. The Kier molecular flexibility index (Phi) is 5.05. The van der Waals surface area contributed by atoms with Crippen LogP contribution in [0.3, 0.4) is 0 Å². The molecule has 3 N–H and O–H groups in total. The minimum absolute atomic E-state index is 0.153. The van der Waals surface area contributed by atoms with Crippen LogP contribution in [-0.2, 0) is 4.79 Å². The molecule has 1 aromatic carbocycles. The molecule has 1 aliphatic rings. The fourth-order valence-corrected chi connectivity index (χ4v) is 2.97. The van der Waals surface area contributed by atoms with Gasteiger partial charge in [-0.15, -0.1) is 5.10 Å². The second-order valence-electron chi connectivity index (χ2n) is 5.85. The van der Waals surface area contributed by atoms with E-state index in [0.29, 0.717) is 29.4 Å². The van der Waals surface area contributed by atoms with Crippen LogP contribution >= 0.6 is 12.2 Å². The summed E-state index contributed by atoms with van der Waals surface area (Å²) < 4.78 is 5.20. The predicted octanol–water partition coefficient (Wildman–Crippen LogP) is 2.74. The quantitative estimate of drug-likeness (QED) is 0.584. The molecule has 126 valence electrons. The van der Waals surface area contributed by atoms with Crippen molar-refractivity contribution in [3.63, 3.8) is 0 Å². The third-order valence-electron chi connectivity index (χ3n) is 4.10. The molecule has 0 atom stereocenters. The Morgan fingerprint density at radius 1 is 1.21 bits per heavy atom. The third-order valence-corrected chi connectivity index (χ3v) is 4.27. The number of amides is 2. The van der Waals surface area contributed by atoms with Gasteiger partial charge in [0.25, 0.3) is 10.7 Å². The molecule has 8 heteroatoms. The van der Waals surface area contributed by atoms with Crippen LogP contribution in [0.25, 0.3) is 11.5 Å². The van der Waals surface area contributed by atoms with Crippen LogP contribution < -0.4 is 10.9 Å². The standard InChI is InChI=1S/C16H18N4O3S/c21-13(9-10-3-1-2-4-10)17-18-14(22)11-5-7-12(8-6-11)15-19-20-16(24)23-15/h5-8,10H,1-4,9H2,(H,17,21)(H,18,22)(H,20,24). The van der Waals surface area contributed by atoms with Crippen LogP contribution in [0.15, 0.2) is 28.7 Å². The molecular weight excluding hydrogens is 328 g/mol. The number of H-pyrrole nitrogens is 1. The first-order chi connectivity index (χ1) is 11.6. The Morgan fingerprint density at radius 2 is 1.92 bits per heavy atom. The number of benzene rings is 1. The molecule has 2 amide bonds. The Hall–Kier alpha value is -2.48. The van der Waals surface area contributed by atoms with Crippen molar-refractivity contribution in [3.05, 3.63) is 34.7 Å². The van der Waals surface area contributed by atoms with Crippen molar-refractivity contribution in [2.45, 2.75) is 32.1 Å². The SMILES string of the molecule is O=C(CC1CCCC1)NNC(=O)c1ccc(-c2n[nH]c(=S)o2)cc1. The number of carbonyl (C=O) groups excluding carboxylic acids is 2. The summed E-state index contributed by atoms with van der Waals surface area (Å²) >= 11 is 4.82. The van der Waals surface area contributed by atoms with Crippen molar-refractivity contribution < 1.29 is 14.0 Å². The van der Waals surface area contributed by atoms with Gasteiger partial charge in [0, 0.05) is 17.5 Å². The Labute approximate surface area is 143 Å². The Bertz CT molecular complexity index is 775. The first-order valence-electron chi connectivity index (χ1n) is 7.87. The van der Waals surface area contributed by atoms with Crippen LogP contribution in [0.5, 0.6) is 0 Å². The van der Waals surface area contributed by atoms with E-state index in [2.05, 4.69) is 21.0 Å². The van der Waals surface area contributed by atoms with Gasteiger partial charge < -0.3 is 4.42 Å². The van der Waals surface area contributed by atoms with Gasteiger partial charge in [-0.2, -0.15) is 0 Å². The number of rotatable bonds is 4. The molecule has 0 bridgehead atoms. The second kappa shape index (κ2) is 7.39. The average molecular weight is 346 g/mol. The van der Waals surface area contributed by atoms with E-state index in [1.165, 1.54) is 12.8 Å². The summed E-state index contributed by atoms with van der Waals surface area (Å²) in [5, 5.41) is 6.45. The number of nitrogens with zero attached hydrogens (tertiary/aromatic N) is 1. The van der Waals surface area contributed by atoms with E-state index in [0.717, 1.165) is 12.8 Å². The van der Waals surface area contributed by atoms with Crippen molar-refractivity contribution in [2.75, 3.05) is 0 Å². The van der Waals surface area contributed by atoms with Gasteiger partial charge in [-0.3, -0.25) is 20.4 Å². The molecule has 1 fully saturated rings. The van der Waals surface area contributed by atoms with Gasteiger partial charge in [0.2, 0.25) is 11.8 Å². The Balaban J connectivity index is 1.53. The van der Waals surface area contributed by atoms with Crippen LogP contribution in [0, 0.1) is 10.8 Å². The molecule has 1 heterocycles. The molecular formula is C16H18N4O3S. The zero-order chi connectivity index (χ0) is 16.9. The van der Waals surface area contributed by atoms with E-state index in [4.69, 9.17) is 16.6 Å². The van der Waals surface area contributed by atoms with Crippen molar-refractivity contribution in [3.8, 4) is 11.5 Å². The zero-order valence-electron chi connectivity index (χ0n) is 13.0. The number of carbonyl (C=O) groups is 2. The van der Waals surface area contributed by atoms with Gasteiger partial charge in [-0.25, -0.2) is 5.10 Å². The lowest BCUT2D eigenvalue weighted by Gasteiger charge is -2.10. The fraction of sp³-hybridized carbons (Fsp3) is 0.375. The first-order valence-corrected chi connectivity index (χ1v) is 8.28. The van der Waals surface area contributed by atoms with Gasteiger partial charge in [0.15, 0.2) is 0 Å². The molecule has 0 saturated heterocycles. The lowest BCUT2D eigenvalue weighted by molar-refractivity contribution is -0.122. The van der Waals surface area contributed by atoms with E-state index in [1.54, 1.807) is 24.3 Å². The van der Waals surface area contributed by atoms with Gasteiger partial charge in [0.1, 0.15) is 0 Å². The molecule has 7 nitrogen and oxygen atoms in total. The monoisotopic (exact) mass is 346 g/mol. The van der Waals surface area contributed by atoms with Crippen LogP contribution in [0.4, 0.5) is 0 Å². The summed E-state index contributed by atoms with van der Waals surface area (Å²) in [6, 6.07) is 6.65. The van der Waals surface area contributed by atoms with Gasteiger partial charge in [-0.05, 0) is 55.2 Å². The molecule has 1 aliphatic carbocycles. The maximum absolute atomic E-state index is 12.1. The molecule has 3 rings (SSSR count). The van der Waals surface area contributed by atoms with E-state index in [1.807, 2.05) is 0 Å². The molecule has 1 saturated carbocycles. The topological polar surface area (TPSA) is 100 Å². The van der Waals surface area contributed by atoms with Crippen molar-refractivity contribution in [1.29, 1.82) is 0 Å². The molecule has 0 radical (unpaired) electrons. The number of hydrogen-bond acceptors (Lipinski definition) is 5. The first kappa shape index (κ1) is 16.4. The highest BCUT2D eigenvalue weighted by Crippen LogP contribution is 2.27. The summed E-state index contributed by atoms with van der Waals surface area (Å²) in [6.07, 6.45) is 5.02. The highest BCUT2D eigenvalue weighted by molar-refractivity contribution is 7.71. The second-order valence-corrected chi connectivity index (χ2v) is 6.22. The number of hydrazine groups is 1. The lowest BCUT2D eigenvalue weighted by Crippen LogP contribution is -2.42. The molecule has 24 heavy (non-hydrogen) atoms. The summed E-state index contributed by atoms with van der Waals surface area (Å²) in [6.45, 7) is 0. The summed E-state index contributed by atoms with van der Waals surface area (Å²) in [5.41, 5.74) is 6.03. The number of hydrogen-bond donors (Lipinski definition) is 3. The minimum atomic E-state index is -0.371. The van der Waals surface area contributed by atoms with E-state index in [9.17, 15) is 9.59 Å². The van der Waals surface area contributed by atoms with Gasteiger partial charge in [-0.1, -0.05) is 12.8 Å². The van der Waals surface area contributed by atoms with Gasteiger partial charge in [0.05, 0.1) is 0 Å². The largest absolute Gasteiger partial charge is 0.409 e. The predicted molar refractivity (Wildman–Crippen MR) is 89.3 cm³/mol. The van der Waals surface area contributed by atoms with E-state index < -0.39 is 0 Å². The Morgan fingerprint density at radius 3 is 2.54 bits per heavy atom. The summed E-state index contributed by atoms with van der Waals surface area (Å²) in [4.78, 5) is 24.1. The average Bonchev–Trinajstić information content (AvgIpc) is 3.24. The van der Waals surface area contributed by atoms with Crippen molar-refractivity contribution in [1.82, 2.24) is 21.0 Å². The van der Waals surface area contributed by atoms with E-state index in [-0.39, 0.29) is 16.7 Å². The molecule has 0 spiro atoms. The van der Waals surface area contributed by atoms with Crippen molar-refractivity contribution >= 4 is 24.0 Å². The van der Waals surface area contributed by atoms with E-state index >= 15 is 0 Å². The smallest absolute Gasteiger partial charge is 0.284 e. The molecule has 1 aromatic heterocycles. The zero-order valence-corrected chi connectivity index (χ0v) is 13.8. The number of aromatic nitrogens is 2. The lowest BCUT2D eigenvalue weighted by atomic mass is 10.0. The third kappa shape index (κ3) is 4.08. The summed E-state index contributed by atoms with van der Waals surface area (Å²) in [7, 11) is 0. The van der Waals surface area contributed by atoms with Crippen LogP contribution in [-0.4, -0.2) is 22.0 Å². The minimum Gasteiger partial charge on any atom is -0.409 e. The molecule has 0 aliphatic heterocycles. The van der Waals surface area contributed by atoms with Crippen LogP contribution in [0.1, 0.15) is 42.5 Å². The molecule has 2 aromatic rings. The van der Waals surface area contributed by atoms with Crippen LogP contribution in [0.2, 0.25) is 0 Å². The van der Waals surface area contributed by atoms with Crippen molar-refractivity contribution in [2.24, 2.45) is 5.92 Å². The number of aromatic amines is 1. The fourth-order valence-electron chi connectivity index (χ4n) is 2.84. The highest BCUT2D eigenvalue weighted by Gasteiger charge is 2.18. The number of nitrogens with one attached hydrogen (secondary N) is 3.